The zero-order valence-electron chi connectivity index (χ0n) is 14.3. The Bertz CT molecular complexity index is 1360. The van der Waals surface area contributed by atoms with E-state index in [1.165, 1.54) is 6.21 Å². The topological polar surface area (TPSA) is 101 Å². The third-order valence-electron chi connectivity index (χ3n) is 4.50. The lowest BCUT2D eigenvalue weighted by molar-refractivity contribution is 0.174. The lowest BCUT2D eigenvalue weighted by atomic mass is 10.2. The number of hydrogen-bond acceptors (Lipinski definition) is 5. The van der Waals surface area contributed by atoms with Gasteiger partial charge in [-0.2, -0.15) is 5.10 Å². The number of aryl methyl sites for hydroxylation is 1. The summed E-state index contributed by atoms with van der Waals surface area (Å²) >= 11 is 0. The van der Waals surface area contributed by atoms with Crippen LogP contribution in [0.2, 0.25) is 0 Å². The van der Waals surface area contributed by atoms with Crippen molar-refractivity contribution >= 4 is 28.2 Å². The molecule has 2 N–H and O–H groups in total. The Morgan fingerprint density at radius 3 is 2.78 bits per heavy atom. The number of nitrogens with zero attached hydrogens (tertiary/aromatic N) is 2. The Morgan fingerprint density at radius 1 is 1.04 bits per heavy atom. The number of fused-ring (bicyclic) bond motifs is 4. The molecular formula is C19H14N4O4. The predicted molar refractivity (Wildman–Crippen MR) is 101 cm³/mol. The van der Waals surface area contributed by atoms with Gasteiger partial charge < -0.3 is 19.4 Å². The molecule has 2 aromatic carbocycles. The van der Waals surface area contributed by atoms with Gasteiger partial charge in [-0.3, -0.25) is 4.79 Å². The van der Waals surface area contributed by atoms with Crippen LogP contribution in [-0.4, -0.2) is 27.7 Å². The monoisotopic (exact) mass is 362 g/mol. The van der Waals surface area contributed by atoms with Crippen LogP contribution in [0.5, 0.6) is 11.5 Å². The molecule has 27 heavy (non-hydrogen) atoms. The standard InChI is InChI=1S/C19H14N4O4/c1-10-2-4-13-12(6-10)16-17(21-13)18(24)23(19(25)22-16)20-8-11-3-5-14-15(7-11)27-9-26-14/h2-8,21H,9H2,1H3,(H,22,25)/b20-8+. The minimum Gasteiger partial charge on any atom is -0.454 e. The summed E-state index contributed by atoms with van der Waals surface area (Å²) in [7, 11) is 0. The molecule has 0 fully saturated rings. The van der Waals surface area contributed by atoms with Crippen molar-refractivity contribution in [3.8, 4) is 11.5 Å². The van der Waals surface area contributed by atoms with E-state index in [4.69, 9.17) is 9.47 Å². The molecular weight excluding hydrogens is 348 g/mol. The number of aromatic nitrogens is 3. The highest BCUT2D eigenvalue weighted by molar-refractivity contribution is 6.04. The first-order valence-electron chi connectivity index (χ1n) is 8.31. The number of rotatable bonds is 2. The van der Waals surface area contributed by atoms with Gasteiger partial charge in [0.25, 0.3) is 0 Å². The van der Waals surface area contributed by atoms with Crippen LogP contribution < -0.4 is 20.7 Å². The molecule has 8 heteroatoms. The lowest BCUT2D eigenvalue weighted by Crippen LogP contribution is -2.32. The van der Waals surface area contributed by atoms with Crippen molar-refractivity contribution in [1.82, 2.24) is 14.6 Å². The molecule has 0 radical (unpaired) electrons. The van der Waals surface area contributed by atoms with Gasteiger partial charge in [0.05, 0.1) is 11.7 Å². The summed E-state index contributed by atoms with van der Waals surface area (Å²) in [5.41, 5.74) is 2.16. The summed E-state index contributed by atoms with van der Waals surface area (Å²) in [5, 5.41) is 4.86. The van der Waals surface area contributed by atoms with Gasteiger partial charge in [0.2, 0.25) is 6.79 Å². The molecule has 2 aromatic heterocycles. The largest absolute Gasteiger partial charge is 0.454 e. The van der Waals surface area contributed by atoms with Crippen LogP contribution in [0.25, 0.3) is 21.9 Å². The van der Waals surface area contributed by atoms with E-state index in [2.05, 4.69) is 15.1 Å². The Morgan fingerprint density at radius 2 is 1.89 bits per heavy atom. The summed E-state index contributed by atoms with van der Waals surface area (Å²) in [6.07, 6.45) is 1.43. The summed E-state index contributed by atoms with van der Waals surface area (Å²) in [6.45, 7) is 2.12. The average molecular weight is 362 g/mol. The minimum absolute atomic E-state index is 0.172. The van der Waals surface area contributed by atoms with E-state index in [0.29, 0.717) is 28.1 Å². The molecule has 0 spiro atoms. The summed E-state index contributed by atoms with van der Waals surface area (Å²) in [5.74, 6) is 1.25. The first-order chi connectivity index (χ1) is 13.1. The Labute approximate surface area is 151 Å². The number of hydrogen-bond donors (Lipinski definition) is 2. The Hall–Kier alpha value is -3.81. The third kappa shape index (κ3) is 2.42. The first-order valence-corrected chi connectivity index (χ1v) is 8.31. The second-order valence-electron chi connectivity index (χ2n) is 6.33. The molecule has 0 saturated heterocycles. The SMILES string of the molecule is Cc1ccc2[nH]c3c(=O)n(/N=C/c4ccc5c(c4)OCO5)c(=O)[nH]c3c2c1. The van der Waals surface area contributed by atoms with E-state index in [0.717, 1.165) is 21.1 Å². The maximum absolute atomic E-state index is 12.8. The van der Waals surface area contributed by atoms with Gasteiger partial charge in [-0.05, 0) is 42.8 Å². The molecule has 0 unspecified atom stereocenters. The van der Waals surface area contributed by atoms with Gasteiger partial charge in [-0.15, -0.1) is 4.68 Å². The number of H-pyrrole nitrogens is 2. The molecule has 1 aliphatic rings. The van der Waals surface area contributed by atoms with E-state index >= 15 is 0 Å². The summed E-state index contributed by atoms with van der Waals surface area (Å²) in [6, 6.07) is 11.0. The molecule has 0 amide bonds. The van der Waals surface area contributed by atoms with E-state index in [-0.39, 0.29) is 6.79 Å². The summed E-state index contributed by atoms with van der Waals surface area (Å²) < 4.78 is 11.4. The second-order valence-corrected chi connectivity index (χ2v) is 6.33. The fourth-order valence-corrected chi connectivity index (χ4v) is 3.18. The molecule has 0 atom stereocenters. The highest BCUT2D eigenvalue weighted by atomic mass is 16.7. The van der Waals surface area contributed by atoms with Crippen molar-refractivity contribution < 1.29 is 9.47 Å². The molecule has 1 aliphatic heterocycles. The van der Waals surface area contributed by atoms with Crippen LogP contribution in [0, 0.1) is 6.92 Å². The first kappa shape index (κ1) is 15.4. The molecule has 5 rings (SSSR count). The number of nitrogens with one attached hydrogen (secondary N) is 2. The quantitative estimate of drug-likeness (QED) is 0.533. The van der Waals surface area contributed by atoms with Gasteiger partial charge >= 0.3 is 11.2 Å². The van der Waals surface area contributed by atoms with Crippen molar-refractivity contribution in [2.75, 3.05) is 6.79 Å². The molecule has 8 nitrogen and oxygen atoms in total. The maximum Gasteiger partial charge on any atom is 0.350 e. The van der Waals surface area contributed by atoms with Crippen LogP contribution in [0.3, 0.4) is 0 Å². The normalized spacial score (nSPS) is 13.2. The maximum atomic E-state index is 12.8. The lowest BCUT2D eigenvalue weighted by Gasteiger charge is -1.99. The van der Waals surface area contributed by atoms with Crippen molar-refractivity contribution in [1.29, 1.82) is 0 Å². The predicted octanol–water partition coefficient (Wildman–Crippen LogP) is 2.09. The fourth-order valence-electron chi connectivity index (χ4n) is 3.18. The van der Waals surface area contributed by atoms with Crippen molar-refractivity contribution in [3.05, 3.63) is 68.4 Å². The zero-order valence-corrected chi connectivity index (χ0v) is 14.3. The van der Waals surface area contributed by atoms with Gasteiger partial charge in [-0.1, -0.05) is 11.6 Å². The van der Waals surface area contributed by atoms with Crippen molar-refractivity contribution in [3.63, 3.8) is 0 Å². The fraction of sp³-hybridized carbons (Fsp3) is 0.105. The van der Waals surface area contributed by atoms with E-state index in [9.17, 15) is 9.59 Å². The van der Waals surface area contributed by atoms with E-state index in [1.807, 2.05) is 25.1 Å². The highest BCUT2D eigenvalue weighted by Crippen LogP contribution is 2.32. The molecule has 134 valence electrons. The van der Waals surface area contributed by atoms with Crippen molar-refractivity contribution in [2.45, 2.75) is 6.92 Å². The van der Waals surface area contributed by atoms with Crippen LogP contribution in [0.4, 0.5) is 0 Å². The van der Waals surface area contributed by atoms with Gasteiger partial charge in [0.1, 0.15) is 5.52 Å². The Balaban J connectivity index is 1.64. The molecule has 3 heterocycles. The number of benzene rings is 2. The smallest absolute Gasteiger partial charge is 0.350 e. The van der Waals surface area contributed by atoms with Gasteiger partial charge in [0.15, 0.2) is 11.5 Å². The summed E-state index contributed by atoms with van der Waals surface area (Å²) in [4.78, 5) is 31.0. The number of ether oxygens (including phenoxy) is 2. The van der Waals surface area contributed by atoms with E-state index in [1.54, 1.807) is 18.2 Å². The molecule has 0 bridgehead atoms. The molecule has 0 saturated carbocycles. The Kier molecular flexibility index (Phi) is 3.20. The van der Waals surface area contributed by atoms with Crippen LogP contribution in [-0.2, 0) is 0 Å². The van der Waals surface area contributed by atoms with E-state index < -0.39 is 11.2 Å². The number of aromatic amines is 2. The second kappa shape index (κ2) is 5.60. The van der Waals surface area contributed by atoms with Gasteiger partial charge in [-0.25, -0.2) is 4.79 Å². The van der Waals surface area contributed by atoms with Crippen LogP contribution in [0.1, 0.15) is 11.1 Å². The van der Waals surface area contributed by atoms with Crippen LogP contribution >= 0.6 is 0 Å². The van der Waals surface area contributed by atoms with Crippen LogP contribution in [0.15, 0.2) is 51.1 Å². The minimum atomic E-state index is -0.605. The highest BCUT2D eigenvalue weighted by Gasteiger charge is 2.14. The molecule has 4 aromatic rings. The third-order valence-corrected chi connectivity index (χ3v) is 4.50. The van der Waals surface area contributed by atoms with Crippen molar-refractivity contribution in [2.24, 2.45) is 5.10 Å². The molecule has 0 aliphatic carbocycles. The zero-order chi connectivity index (χ0) is 18.5. The van der Waals surface area contributed by atoms with Gasteiger partial charge in [0, 0.05) is 10.9 Å². The average Bonchev–Trinajstić information content (AvgIpc) is 3.26.